The zero-order valence-electron chi connectivity index (χ0n) is 10.7. The van der Waals surface area contributed by atoms with Gasteiger partial charge in [0.15, 0.2) is 0 Å². The molecule has 0 saturated carbocycles. The van der Waals surface area contributed by atoms with Gasteiger partial charge in [-0.3, -0.25) is 4.79 Å². The lowest BCUT2D eigenvalue weighted by Crippen LogP contribution is -2.40. The lowest BCUT2D eigenvalue weighted by Gasteiger charge is -2.30. The van der Waals surface area contributed by atoms with Gasteiger partial charge in [-0.15, -0.1) is 0 Å². The van der Waals surface area contributed by atoms with Crippen LogP contribution in [0.2, 0.25) is 0 Å². The number of carboxylic acid groups (broad SMARTS) is 1. The number of carbonyl (C=O) groups is 1. The Kier molecular flexibility index (Phi) is 5.88. The van der Waals surface area contributed by atoms with E-state index in [9.17, 15) is 9.90 Å². The number of hydrogen-bond acceptors (Lipinski definition) is 2. The Hall–Kier alpha value is -0.570. The fourth-order valence-corrected chi connectivity index (χ4v) is 2.09. The molecule has 90 valence electrons. The molecule has 0 aromatic carbocycles. The molecular weight excluding hydrogens is 190 g/mol. The van der Waals surface area contributed by atoms with Crippen LogP contribution < -0.4 is 0 Å². The fourth-order valence-electron chi connectivity index (χ4n) is 2.09. The normalized spacial score (nSPS) is 15.7. The van der Waals surface area contributed by atoms with Crippen molar-refractivity contribution in [1.29, 1.82) is 0 Å². The minimum absolute atomic E-state index is 0.578. The highest BCUT2D eigenvalue weighted by molar-refractivity contribution is 5.74. The number of rotatable bonds is 7. The Bertz CT molecular complexity index is 204. The van der Waals surface area contributed by atoms with Gasteiger partial charge in [0.25, 0.3) is 0 Å². The Labute approximate surface area is 93.5 Å². The highest BCUT2D eigenvalue weighted by Gasteiger charge is 2.33. The Morgan fingerprint density at radius 3 is 2.33 bits per heavy atom. The lowest BCUT2D eigenvalue weighted by atomic mass is 9.85. The van der Waals surface area contributed by atoms with Crippen molar-refractivity contribution < 1.29 is 9.90 Å². The van der Waals surface area contributed by atoms with Crippen molar-refractivity contribution in [3.05, 3.63) is 0 Å². The van der Waals surface area contributed by atoms with E-state index in [1.807, 2.05) is 20.9 Å². The number of aliphatic carboxylic acids is 1. The van der Waals surface area contributed by atoms with Crippen LogP contribution in [0.4, 0.5) is 0 Å². The molecule has 1 N–H and O–H groups in total. The molecule has 0 bridgehead atoms. The number of hydrogen-bond donors (Lipinski definition) is 1. The van der Waals surface area contributed by atoms with Crippen molar-refractivity contribution in [1.82, 2.24) is 4.90 Å². The van der Waals surface area contributed by atoms with Gasteiger partial charge >= 0.3 is 5.97 Å². The van der Waals surface area contributed by atoms with Gasteiger partial charge in [-0.05, 0) is 26.3 Å². The molecule has 0 saturated heterocycles. The lowest BCUT2D eigenvalue weighted by molar-refractivity contribution is -0.149. The third-order valence-corrected chi connectivity index (χ3v) is 2.61. The molecule has 0 spiro atoms. The molecule has 0 aromatic rings. The molecule has 0 aliphatic carbocycles. The van der Waals surface area contributed by atoms with E-state index in [0.717, 1.165) is 19.4 Å². The SMILES string of the molecule is CCCC(C)(CN(C)CC(C)C)C(=O)O. The van der Waals surface area contributed by atoms with Crippen LogP contribution in [0, 0.1) is 11.3 Å². The summed E-state index contributed by atoms with van der Waals surface area (Å²) in [7, 11) is 2.00. The molecule has 0 amide bonds. The molecule has 0 aromatic heterocycles. The largest absolute Gasteiger partial charge is 0.481 e. The summed E-state index contributed by atoms with van der Waals surface area (Å²) in [6.45, 7) is 9.75. The molecule has 0 rings (SSSR count). The van der Waals surface area contributed by atoms with Gasteiger partial charge in [-0.1, -0.05) is 27.2 Å². The van der Waals surface area contributed by atoms with Gasteiger partial charge in [0.1, 0.15) is 0 Å². The van der Waals surface area contributed by atoms with Crippen LogP contribution in [-0.4, -0.2) is 36.1 Å². The van der Waals surface area contributed by atoms with Crippen molar-refractivity contribution in [3.63, 3.8) is 0 Å². The first-order valence-corrected chi connectivity index (χ1v) is 5.73. The van der Waals surface area contributed by atoms with Crippen LogP contribution in [0.3, 0.4) is 0 Å². The maximum atomic E-state index is 11.2. The van der Waals surface area contributed by atoms with E-state index >= 15 is 0 Å². The molecule has 1 atom stereocenters. The molecular formula is C12H25NO2. The molecule has 3 heteroatoms. The average molecular weight is 215 g/mol. The van der Waals surface area contributed by atoms with Crippen LogP contribution in [0.15, 0.2) is 0 Å². The molecule has 1 unspecified atom stereocenters. The van der Waals surface area contributed by atoms with E-state index in [-0.39, 0.29) is 0 Å². The van der Waals surface area contributed by atoms with Crippen molar-refractivity contribution in [3.8, 4) is 0 Å². The van der Waals surface area contributed by atoms with Crippen LogP contribution in [0.25, 0.3) is 0 Å². The highest BCUT2D eigenvalue weighted by atomic mass is 16.4. The van der Waals surface area contributed by atoms with Crippen molar-refractivity contribution in [2.24, 2.45) is 11.3 Å². The summed E-state index contributed by atoms with van der Waals surface area (Å²) in [5, 5.41) is 9.22. The minimum atomic E-state index is -0.681. The monoisotopic (exact) mass is 215 g/mol. The summed E-state index contributed by atoms with van der Waals surface area (Å²) in [5.41, 5.74) is -0.599. The molecule has 0 radical (unpaired) electrons. The van der Waals surface area contributed by atoms with E-state index < -0.39 is 11.4 Å². The predicted molar refractivity (Wildman–Crippen MR) is 63.0 cm³/mol. The number of nitrogens with zero attached hydrogens (tertiary/aromatic N) is 1. The third kappa shape index (κ3) is 5.17. The third-order valence-electron chi connectivity index (χ3n) is 2.61. The second-order valence-corrected chi connectivity index (χ2v) is 5.21. The van der Waals surface area contributed by atoms with Crippen LogP contribution in [-0.2, 0) is 4.79 Å². The van der Waals surface area contributed by atoms with E-state index in [1.165, 1.54) is 0 Å². The molecule has 0 fully saturated rings. The summed E-state index contributed by atoms with van der Waals surface area (Å²) in [6, 6.07) is 0. The first kappa shape index (κ1) is 14.4. The molecule has 3 nitrogen and oxygen atoms in total. The highest BCUT2D eigenvalue weighted by Crippen LogP contribution is 2.24. The quantitative estimate of drug-likeness (QED) is 0.709. The fraction of sp³-hybridized carbons (Fsp3) is 0.917. The molecule has 0 heterocycles. The predicted octanol–water partition coefficient (Wildman–Crippen LogP) is 2.47. The maximum absolute atomic E-state index is 11.2. The van der Waals surface area contributed by atoms with Gasteiger partial charge in [0.05, 0.1) is 5.41 Å². The van der Waals surface area contributed by atoms with E-state index in [4.69, 9.17) is 0 Å². The van der Waals surface area contributed by atoms with Gasteiger partial charge in [0.2, 0.25) is 0 Å². The summed E-state index contributed by atoms with van der Waals surface area (Å²) in [4.78, 5) is 13.3. The smallest absolute Gasteiger partial charge is 0.310 e. The first-order valence-electron chi connectivity index (χ1n) is 5.73. The maximum Gasteiger partial charge on any atom is 0.310 e. The average Bonchev–Trinajstić information content (AvgIpc) is 2.01. The summed E-state index contributed by atoms with van der Waals surface area (Å²) in [5.74, 6) is -0.102. The molecule has 0 aliphatic rings. The second-order valence-electron chi connectivity index (χ2n) is 5.21. The van der Waals surface area contributed by atoms with Crippen molar-refractivity contribution in [2.75, 3.05) is 20.1 Å². The van der Waals surface area contributed by atoms with Crippen LogP contribution >= 0.6 is 0 Å². The zero-order chi connectivity index (χ0) is 12.1. The summed E-state index contributed by atoms with van der Waals surface area (Å²) in [6.07, 6.45) is 1.66. The van der Waals surface area contributed by atoms with Crippen molar-refractivity contribution in [2.45, 2.75) is 40.5 Å². The van der Waals surface area contributed by atoms with Gasteiger partial charge in [-0.2, -0.15) is 0 Å². The summed E-state index contributed by atoms with van der Waals surface area (Å²) < 4.78 is 0. The number of carboxylic acids is 1. The second kappa shape index (κ2) is 6.11. The Morgan fingerprint density at radius 2 is 2.00 bits per heavy atom. The topological polar surface area (TPSA) is 40.5 Å². The molecule has 15 heavy (non-hydrogen) atoms. The Morgan fingerprint density at radius 1 is 1.47 bits per heavy atom. The molecule has 0 aliphatic heterocycles. The Balaban J connectivity index is 4.34. The van der Waals surface area contributed by atoms with Crippen LogP contribution in [0.5, 0.6) is 0 Å². The zero-order valence-corrected chi connectivity index (χ0v) is 10.7. The standard InChI is InChI=1S/C12H25NO2/c1-6-7-12(4,11(14)15)9-13(5)8-10(2)3/h10H,6-9H2,1-5H3,(H,14,15). The van der Waals surface area contributed by atoms with E-state index in [1.54, 1.807) is 0 Å². The van der Waals surface area contributed by atoms with Gasteiger partial charge < -0.3 is 10.0 Å². The van der Waals surface area contributed by atoms with E-state index in [0.29, 0.717) is 12.5 Å². The van der Waals surface area contributed by atoms with Gasteiger partial charge in [-0.25, -0.2) is 0 Å². The first-order chi connectivity index (χ1) is 6.81. The van der Waals surface area contributed by atoms with Gasteiger partial charge in [0, 0.05) is 13.1 Å². The summed E-state index contributed by atoms with van der Waals surface area (Å²) >= 11 is 0. The van der Waals surface area contributed by atoms with Crippen molar-refractivity contribution >= 4 is 5.97 Å². The van der Waals surface area contributed by atoms with E-state index in [2.05, 4.69) is 18.7 Å². The van der Waals surface area contributed by atoms with Crippen LogP contribution in [0.1, 0.15) is 40.5 Å². The minimum Gasteiger partial charge on any atom is -0.481 e.